The van der Waals surface area contributed by atoms with Crippen LogP contribution in [0.5, 0.6) is 0 Å². The van der Waals surface area contributed by atoms with Crippen molar-refractivity contribution < 1.29 is 27.4 Å². The Morgan fingerprint density at radius 2 is 2.05 bits per heavy atom. The van der Waals surface area contributed by atoms with Crippen LogP contribution in [0.2, 0.25) is 0 Å². The van der Waals surface area contributed by atoms with Crippen LogP contribution in [0.3, 0.4) is 0 Å². The zero-order valence-electron chi connectivity index (χ0n) is 12.5. The fourth-order valence-electron chi connectivity index (χ4n) is 1.53. The van der Waals surface area contributed by atoms with E-state index in [1.807, 2.05) is 0 Å². The molecule has 0 unspecified atom stereocenters. The van der Waals surface area contributed by atoms with Crippen LogP contribution in [-0.2, 0) is 20.4 Å². The van der Waals surface area contributed by atoms with Crippen molar-refractivity contribution in [1.29, 1.82) is 0 Å². The molecule has 4 nitrogen and oxygen atoms in total. The van der Waals surface area contributed by atoms with Crippen LogP contribution in [-0.4, -0.2) is 25.8 Å². The minimum atomic E-state index is -4.43. The van der Waals surface area contributed by atoms with Crippen LogP contribution < -0.4 is 5.32 Å². The lowest BCUT2D eigenvalue weighted by molar-refractivity contribution is -0.137. The number of carbonyl (C=O) groups is 1. The highest BCUT2D eigenvalue weighted by Crippen LogP contribution is 2.30. The quantitative estimate of drug-likeness (QED) is 0.643. The highest BCUT2D eigenvalue weighted by molar-refractivity contribution is 5.83. The van der Waals surface area contributed by atoms with Gasteiger partial charge in [0.25, 0.3) is 0 Å². The number of hydrogen-bond acceptors (Lipinski definition) is 4. The number of rotatable bonds is 6. The summed E-state index contributed by atoms with van der Waals surface area (Å²) in [5.41, 5.74) is -0.267. The fraction of sp³-hybridized carbons (Fsp3) is 0.400. The molecule has 1 aromatic carbocycles. The third kappa shape index (κ3) is 6.17. The molecule has 0 aromatic heterocycles. The summed E-state index contributed by atoms with van der Waals surface area (Å²) in [4.78, 5) is 11.3. The molecule has 0 atom stereocenters. The van der Waals surface area contributed by atoms with Gasteiger partial charge in [-0.25, -0.2) is 4.79 Å². The Balaban J connectivity index is 2.94. The van der Waals surface area contributed by atoms with Crippen LogP contribution in [0.4, 0.5) is 18.9 Å². The van der Waals surface area contributed by atoms with Gasteiger partial charge in [0.1, 0.15) is 0 Å². The Bertz CT molecular complexity index is 539. The monoisotopic (exact) mass is 317 g/mol. The Morgan fingerprint density at radius 1 is 1.36 bits per heavy atom. The Kier molecular flexibility index (Phi) is 6.42. The van der Waals surface area contributed by atoms with E-state index in [0.717, 1.165) is 18.2 Å². The molecule has 7 heteroatoms. The van der Waals surface area contributed by atoms with E-state index in [0.29, 0.717) is 5.70 Å². The van der Waals surface area contributed by atoms with E-state index < -0.39 is 17.7 Å². The van der Waals surface area contributed by atoms with Crippen LogP contribution in [0.1, 0.15) is 19.4 Å². The van der Waals surface area contributed by atoms with Crippen LogP contribution in [0.15, 0.2) is 36.0 Å². The van der Waals surface area contributed by atoms with E-state index >= 15 is 0 Å². The average molecular weight is 317 g/mol. The minimum absolute atomic E-state index is 0.0447. The van der Waals surface area contributed by atoms with Gasteiger partial charge in [-0.15, -0.1) is 0 Å². The van der Waals surface area contributed by atoms with E-state index in [4.69, 9.17) is 4.74 Å². The van der Waals surface area contributed by atoms with Gasteiger partial charge in [-0.2, -0.15) is 13.2 Å². The number of esters is 1. The van der Waals surface area contributed by atoms with Gasteiger partial charge in [-0.05, 0) is 32.0 Å². The van der Waals surface area contributed by atoms with Crippen molar-refractivity contribution in [3.05, 3.63) is 41.6 Å². The number of nitrogens with one attached hydrogen (secondary N) is 1. The number of ether oxygens (including phenoxy) is 2. The minimum Gasteiger partial charge on any atom is -0.466 e. The second-order valence-electron chi connectivity index (χ2n) is 4.76. The molecule has 0 aliphatic heterocycles. The topological polar surface area (TPSA) is 47.6 Å². The molecular formula is C15H18F3NO3. The van der Waals surface area contributed by atoms with E-state index in [9.17, 15) is 18.0 Å². The first-order chi connectivity index (χ1) is 10.2. The number of halogens is 3. The molecule has 1 aromatic rings. The predicted molar refractivity (Wildman–Crippen MR) is 76.3 cm³/mol. The van der Waals surface area contributed by atoms with Crippen molar-refractivity contribution in [1.82, 2.24) is 0 Å². The summed E-state index contributed by atoms with van der Waals surface area (Å²) >= 11 is 0. The lowest BCUT2D eigenvalue weighted by Crippen LogP contribution is -2.14. The van der Waals surface area contributed by atoms with Gasteiger partial charge >= 0.3 is 12.1 Å². The van der Waals surface area contributed by atoms with Gasteiger partial charge in [0, 0.05) is 17.5 Å². The molecule has 0 radical (unpaired) electrons. The van der Waals surface area contributed by atoms with Crippen molar-refractivity contribution >= 4 is 11.7 Å². The first-order valence-corrected chi connectivity index (χ1v) is 6.56. The summed E-state index contributed by atoms with van der Waals surface area (Å²) in [6.07, 6.45) is -3.38. The predicted octanol–water partition coefficient (Wildman–Crippen LogP) is 3.60. The number of methoxy groups -OCH3 is 1. The maximum Gasteiger partial charge on any atom is 0.416 e. The molecule has 1 rings (SSSR count). The molecule has 0 amide bonds. The first-order valence-electron chi connectivity index (χ1n) is 6.56. The van der Waals surface area contributed by atoms with E-state index in [-0.39, 0.29) is 18.4 Å². The molecule has 0 fully saturated rings. The summed E-state index contributed by atoms with van der Waals surface area (Å²) in [6.45, 7) is 3.66. The molecule has 0 aliphatic rings. The van der Waals surface area contributed by atoms with Crippen LogP contribution in [0, 0.1) is 0 Å². The van der Waals surface area contributed by atoms with E-state index in [1.54, 1.807) is 13.8 Å². The average Bonchev–Trinajstić information content (AvgIpc) is 2.44. The zero-order valence-corrected chi connectivity index (χ0v) is 12.5. The van der Waals surface area contributed by atoms with E-state index in [2.05, 4.69) is 10.1 Å². The number of benzene rings is 1. The molecule has 0 aliphatic carbocycles. The maximum absolute atomic E-state index is 12.7. The van der Waals surface area contributed by atoms with Gasteiger partial charge < -0.3 is 14.8 Å². The highest BCUT2D eigenvalue weighted by Gasteiger charge is 2.30. The summed E-state index contributed by atoms with van der Waals surface area (Å²) in [5, 5.41) is 2.75. The molecule has 22 heavy (non-hydrogen) atoms. The summed E-state index contributed by atoms with van der Waals surface area (Å²) in [6, 6.07) is 4.68. The third-order valence-electron chi connectivity index (χ3n) is 2.56. The molecule has 0 saturated heterocycles. The second kappa shape index (κ2) is 7.84. The molecule has 0 heterocycles. The number of hydrogen-bond donors (Lipinski definition) is 1. The SMILES string of the molecule is COC(=O)/C=C(\COC(C)C)Nc1cccc(C(F)(F)F)c1. The number of anilines is 1. The van der Waals surface area contributed by atoms with E-state index in [1.165, 1.54) is 19.2 Å². The Morgan fingerprint density at radius 3 is 2.59 bits per heavy atom. The largest absolute Gasteiger partial charge is 0.466 e. The molecule has 1 N–H and O–H groups in total. The maximum atomic E-state index is 12.7. The van der Waals surface area contributed by atoms with Crippen molar-refractivity contribution in [3.8, 4) is 0 Å². The number of alkyl halides is 3. The van der Waals surface area contributed by atoms with Gasteiger partial charge in [0.05, 0.1) is 25.4 Å². The molecular weight excluding hydrogens is 299 g/mol. The molecule has 0 spiro atoms. The summed E-state index contributed by atoms with van der Waals surface area (Å²) < 4.78 is 47.9. The van der Waals surface area contributed by atoms with Crippen molar-refractivity contribution in [3.63, 3.8) is 0 Å². The van der Waals surface area contributed by atoms with Gasteiger partial charge in [0.2, 0.25) is 0 Å². The first kappa shape index (κ1) is 18.0. The molecule has 122 valence electrons. The van der Waals surface area contributed by atoms with Crippen molar-refractivity contribution in [2.24, 2.45) is 0 Å². The lowest BCUT2D eigenvalue weighted by atomic mass is 10.2. The standard InChI is InChI=1S/C15H18F3NO3/c1-10(2)22-9-13(8-14(20)21-3)19-12-6-4-5-11(7-12)15(16,17)18/h4-8,10,19H,9H2,1-3H3/b13-8+. The van der Waals surface area contributed by atoms with Gasteiger partial charge in [0.15, 0.2) is 0 Å². The normalized spacial score (nSPS) is 12.4. The summed E-state index contributed by atoms with van der Waals surface area (Å²) in [5.74, 6) is -0.623. The van der Waals surface area contributed by atoms with Crippen molar-refractivity contribution in [2.45, 2.75) is 26.1 Å². The smallest absolute Gasteiger partial charge is 0.416 e. The van der Waals surface area contributed by atoms with Gasteiger partial charge in [-0.1, -0.05) is 6.07 Å². The van der Waals surface area contributed by atoms with Gasteiger partial charge in [-0.3, -0.25) is 0 Å². The second-order valence-corrected chi connectivity index (χ2v) is 4.76. The zero-order chi connectivity index (χ0) is 16.8. The Labute approximate surface area is 126 Å². The van der Waals surface area contributed by atoms with Crippen LogP contribution >= 0.6 is 0 Å². The highest BCUT2D eigenvalue weighted by atomic mass is 19.4. The van der Waals surface area contributed by atoms with Crippen molar-refractivity contribution in [2.75, 3.05) is 19.0 Å². The Hall–Kier alpha value is -2.02. The molecule has 0 bridgehead atoms. The number of carbonyl (C=O) groups excluding carboxylic acids is 1. The molecule has 0 saturated carbocycles. The summed E-state index contributed by atoms with van der Waals surface area (Å²) in [7, 11) is 1.21. The lowest BCUT2D eigenvalue weighted by Gasteiger charge is -2.15. The fourth-order valence-corrected chi connectivity index (χ4v) is 1.53. The van der Waals surface area contributed by atoms with Crippen LogP contribution in [0.25, 0.3) is 0 Å². The third-order valence-corrected chi connectivity index (χ3v) is 2.56.